The standard InChI is InChI=1S/C12H15BrO3/c13-9-3-1-8(2-4-9)11-5-12(11)16-10(6-14)7-15/h1-4,10-12,14-15H,5-7H2/t11-,12?/m0/s1. The molecular weight excluding hydrogens is 272 g/mol. The van der Waals surface area contributed by atoms with E-state index in [4.69, 9.17) is 14.9 Å². The van der Waals surface area contributed by atoms with Gasteiger partial charge in [0.05, 0.1) is 19.3 Å². The molecule has 88 valence electrons. The van der Waals surface area contributed by atoms with Crippen molar-refractivity contribution < 1.29 is 14.9 Å². The predicted molar refractivity (Wildman–Crippen MR) is 64.3 cm³/mol. The second-order valence-corrected chi connectivity index (χ2v) is 4.97. The lowest BCUT2D eigenvalue weighted by Crippen LogP contribution is -2.23. The average molecular weight is 287 g/mol. The first-order valence-electron chi connectivity index (χ1n) is 5.37. The number of aliphatic hydroxyl groups is 2. The van der Waals surface area contributed by atoms with Crippen LogP contribution in [-0.4, -0.2) is 35.6 Å². The highest BCUT2D eigenvalue weighted by atomic mass is 79.9. The zero-order valence-corrected chi connectivity index (χ0v) is 10.4. The predicted octanol–water partition coefficient (Wildman–Crippen LogP) is 1.67. The molecule has 0 spiro atoms. The van der Waals surface area contributed by atoms with Gasteiger partial charge >= 0.3 is 0 Å². The molecule has 0 radical (unpaired) electrons. The smallest absolute Gasteiger partial charge is 0.104 e. The number of ether oxygens (including phenoxy) is 1. The van der Waals surface area contributed by atoms with Gasteiger partial charge in [-0.3, -0.25) is 0 Å². The molecule has 2 rings (SSSR count). The summed E-state index contributed by atoms with van der Waals surface area (Å²) in [5.74, 6) is 0.411. The summed E-state index contributed by atoms with van der Waals surface area (Å²) in [6.07, 6.45) is 0.675. The molecule has 0 amide bonds. The molecule has 1 saturated carbocycles. The Hall–Kier alpha value is -0.420. The second kappa shape index (κ2) is 5.27. The van der Waals surface area contributed by atoms with Crippen LogP contribution < -0.4 is 0 Å². The molecule has 2 atom stereocenters. The van der Waals surface area contributed by atoms with Gasteiger partial charge in [0.1, 0.15) is 6.10 Å². The van der Waals surface area contributed by atoms with Crippen LogP contribution in [0.15, 0.2) is 28.7 Å². The van der Waals surface area contributed by atoms with E-state index in [9.17, 15) is 0 Å². The summed E-state index contributed by atoms with van der Waals surface area (Å²) < 4.78 is 6.61. The van der Waals surface area contributed by atoms with Crippen molar-refractivity contribution in [2.24, 2.45) is 0 Å². The number of hydrogen-bond donors (Lipinski definition) is 2. The molecule has 4 heteroatoms. The molecule has 1 aromatic rings. The van der Waals surface area contributed by atoms with E-state index in [1.54, 1.807) is 0 Å². The minimum atomic E-state index is -0.439. The molecule has 0 heterocycles. The Morgan fingerprint density at radius 2 is 1.88 bits per heavy atom. The topological polar surface area (TPSA) is 49.7 Å². The molecule has 0 bridgehead atoms. The monoisotopic (exact) mass is 286 g/mol. The lowest BCUT2D eigenvalue weighted by atomic mass is 10.1. The molecule has 0 saturated heterocycles. The first-order chi connectivity index (χ1) is 7.74. The maximum atomic E-state index is 8.90. The van der Waals surface area contributed by atoms with Gasteiger partial charge < -0.3 is 14.9 Å². The summed E-state index contributed by atoms with van der Waals surface area (Å²) in [7, 11) is 0. The minimum Gasteiger partial charge on any atom is -0.394 e. The van der Waals surface area contributed by atoms with Crippen molar-refractivity contribution in [3.05, 3.63) is 34.3 Å². The van der Waals surface area contributed by atoms with Gasteiger partial charge in [-0.25, -0.2) is 0 Å². The highest BCUT2D eigenvalue weighted by Crippen LogP contribution is 2.44. The van der Waals surface area contributed by atoms with E-state index in [0.717, 1.165) is 10.9 Å². The summed E-state index contributed by atoms with van der Waals surface area (Å²) in [6.45, 7) is -0.250. The van der Waals surface area contributed by atoms with Crippen molar-refractivity contribution >= 4 is 15.9 Å². The van der Waals surface area contributed by atoms with Crippen molar-refractivity contribution in [2.75, 3.05) is 13.2 Å². The lowest BCUT2D eigenvalue weighted by Gasteiger charge is -2.12. The van der Waals surface area contributed by atoms with E-state index in [1.807, 2.05) is 12.1 Å². The Balaban J connectivity index is 1.89. The molecule has 3 nitrogen and oxygen atoms in total. The molecule has 0 aromatic heterocycles. The van der Waals surface area contributed by atoms with Gasteiger partial charge in [0, 0.05) is 10.4 Å². The van der Waals surface area contributed by atoms with Crippen LogP contribution in [0, 0.1) is 0 Å². The molecular formula is C12H15BrO3. The largest absolute Gasteiger partial charge is 0.394 e. The molecule has 2 N–H and O–H groups in total. The van der Waals surface area contributed by atoms with Crippen molar-refractivity contribution in [3.63, 3.8) is 0 Å². The van der Waals surface area contributed by atoms with E-state index in [1.165, 1.54) is 5.56 Å². The van der Waals surface area contributed by atoms with Crippen LogP contribution in [-0.2, 0) is 4.74 Å². The molecule has 1 fully saturated rings. The SMILES string of the molecule is OCC(CO)OC1C[C@H]1c1ccc(Br)cc1. The van der Waals surface area contributed by atoms with Crippen molar-refractivity contribution in [1.29, 1.82) is 0 Å². The third kappa shape index (κ3) is 2.83. The fourth-order valence-corrected chi connectivity index (χ4v) is 2.04. The van der Waals surface area contributed by atoms with Crippen LogP contribution in [0.1, 0.15) is 17.9 Å². The number of halogens is 1. The fraction of sp³-hybridized carbons (Fsp3) is 0.500. The summed E-state index contributed by atoms with van der Waals surface area (Å²) >= 11 is 3.40. The zero-order valence-electron chi connectivity index (χ0n) is 8.84. The van der Waals surface area contributed by atoms with Crippen LogP contribution in [0.4, 0.5) is 0 Å². The van der Waals surface area contributed by atoms with Gasteiger partial charge in [-0.15, -0.1) is 0 Å². The number of rotatable bonds is 5. The maximum Gasteiger partial charge on any atom is 0.104 e. The van der Waals surface area contributed by atoms with Gasteiger partial charge in [-0.1, -0.05) is 28.1 Å². The normalized spacial score (nSPS) is 23.8. The quantitative estimate of drug-likeness (QED) is 0.866. The van der Waals surface area contributed by atoms with Gasteiger partial charge in [0.2, 0.25) is 0 Å². The number of hydrogen-bond acceptors (Lipinski definition) is 3. The van der Waals surface area contributed by atoms with E-state index in [-0.39, 0.29) is 19.3 Å². The van der Waals surface area contributed by atoms with Gasteiger partial charge in [0.15, 0.2) is 0 Å². The summed E-state index contributed by atoms with van der Waals surface area (Å²) in [5.41, 5.74) is 1.25. The Morgan fingerprint density at radius 1 is 1.25 bits per heavy atom. The highest BCUT2D eigenvalue weighted by molar-refractivity contribution is 9.10. The van der Waals surface area contributed by atoms with Crippen LogP contribution in [0.25, 0.3) is 0 Å². The summed E-state index contributed by atoms with van der Waals surface area (Å²) in [5, 5.41) is 17.8. The first kappa shape index (κ1) is 12.0. The summed E-state index contributed by atoms with van der Waals surface area (Å²) in [6, 6.07) is 8.18. The maximum absolute atomic E-state index is 8.90. The Labute approximate surface area is 103 Å². The number of aliphatic hydroxyl groups excluding tert-OH is 2. The third-order valence-electron chi connectivity index (χ3n) is 2.80. The van der Waals surface area contributed by atoms with E-state index in [2.05, 4.69) is 28.1 Å². The Bertz CT molecular complexity index is 335. The fourth-order valence-electron chi connectivity index (χ4n) is 1.77. The van der Waals surface area contributed by atoms with Crippen LogP contribution in [0.2, 0.25) is 0 Å². The molecule has 1 aliphatic rings. The van der Waals surface area contributed by atoms with Crippen molar-refractivity contribution in [2.45, 2.75) is 24.5 Å². The third-order valence-corrected chi connectivity index (χ3v) is 3.33. The Kier molecular flexibility index (Phi) is 3.97. The van der Waals surface area contributed by atoms with Crippen molar-refractivity contribution in [3.8, 4) is 0 Å². The Morgan fingerprint density at radius 3 is 2.44 bits per heavy atom. The van der Waals surface area contributed by atoms with E-state index in [0.29, 0.717) is 5.92 Å². The van der Waals surface area contributed by atoms with Gasteiger partial charge in [-0.05, 0) is 24.1 Å². The number of benzene rings is 1. The molecule has 0 aliphatic heterocycles. The van der Waals surface area contributed by atoms with Gasteiger partial charge in [-0.2, -0.15) is 0 Å². The van der Waals surface area contributed by atoms with Crippen LogP contribution >= 0.6 is 15.9 Å². The highest BCUT2D eigenvalue weighted by Gasteiger charge is 2.40. The van der Waals surface area contributed by atoms with Crippen LogP contribution in [0.3, 0.4) is 0 Å². The summed E-state index contributed by atoms with van der Waals surface area (Å²) in [4.78, 5) is 0. The van der Waals surface area contributed by atoms with Gasteiger partial charge in [0.25, 0.3) is 0 Å². The van der Waals surface area contributed by atoms with Crippen molar-refractivity contribution in [1.82, 2.24) is 0 Å². The minimum absolute atomic E-state index is 0.125. The molecule has 1 unspecified atom stereocenters. The molecule has 1 aliphatic carbocycles. The molecule has 1 aromatic carbocycles. The lowest BCUT2D eigenvalue weighted by molar-refractivity contribution is -0.0305. The first-order valence-corrected chi connectivity index (χ1v) is 6.16. The van der Waals surface area contributed by atoms with E-state index < -0.39 is 6.10 Å². The van der Waals surface area contributed by atoms with Crippen LogP contribution in [0.5, 0.6) is 0 Å². The zero-order chi connectivity index (χ0) is 11.5. The van der Waals surface area contributed by atoms with E-state index >= 15 is 0 Å². The molecule has 16 heavy (non-hydrogen) atoms. The average Bonchev–Trinajstić information content (AvgIpc) is 3.06. The second-order valence-electron chi connectivity index (χ2n) is 4.06.